The predicted molar refractivity (Wildman–Crippen MR) is 93.9 cm³/mol. The number of urea groups is 1. The smallest absolute Gasteiger partial charge is 0.321 e. The number of aromatic amines is 1. The van der Waals surface area contributed by atoms with Crippen LogP contribution in [0.3, 0.4) is 0 Å². The molecule has 0 spiro atoms. The summed E-state index contributed by atoms with van der Waals surface area (Å²) in [4.78, 5) is 14.0. The highest BCUT2D eigenvalue weighted by Gasteiger charge is 2.16. The van der Waals surface area contributed by atoms with Gasteiger partial charge >= 0.3 is 6.03 Å². The van der Waals surface area contributed by atoms with Crippen LogP contribution in [0.4, 0.5) is 10.5 Å². The van der Waals surface area contributed by atoms with Gasteiger partial charge in [0.05, 0.1) is 11.8 Å². The normalized spacial score (nSPS) is 17.0. The molecule has 0 unspecified atom stereocenters. The zero-order valence-electron chi connectivity index (χ0n) is 14.0. The van der Waals surface area contributed by atoms with Crippen molar-refractivity contribution in [2.45, 2.75) is 31.8 Å². The van der Waals surface area contributed by atoms with E-state index in [0.29, 0.717) is 6.10 Å². The fourth-order valence-corrected chi connectivity index (χ4v) is 2.93. The van der Waals surface area contributed by atoms with Crippen molar-refractivity contribution in [3.8, 4) is 11.3 Å². The summed E-state index contributed by atoms with van der Waals surface area (Å²) in [5.41, 5.74) is 2.69. The number of carbonyl (C=O) groups excluding carboxylic acids is 1. The summed E-state index contributed by atoms with van der Waals surface area (Å²) in [5, 5.41) is 9.82. The summed E-state index contributed by atoms with van der Waals surface area (Å²) in [6, 6.07) is 9.53. The van der Waals surface area contributed by atoms with Crippen molar-refractivity contribution < 1.29 is 9.53 Å². The van der Waals surface area contributed by atoms with Crippen molar-refractivity contribution in [2.75, 3.05) is 25.5 Å². The summed E-state index contributed by atoms with van der Waals surface area (Å²) >= 11 is 0. The first-order valence-electron chi connectivity index (χ1n) is 8.46. The summed E-state index contributed by atoms with van der Waals surface area (Å²) < 4.78 is 5.61. The molecule has 1 saturated heterocycles. The lowest BCUT2D eigenvalue weighted by Crippen LogP contribution is -2.32. The monoisotopic (exact) mass is 328 g/mol. The van der Waals surface area contributed by atoms with Crippen molar-refractivity contribution in [1.82, 2.24) is 15.1 Å². The van der Waals surface area contributed by atoms with Gasteiger partial charge in [-0.2, -0.15) is 5.10 Å². The van der Waals surface area contributed by atoms with E-state index in [1.165, 1.54) is 0 Å². The van der Waals surface area contributed by atoms with Crippen LogP contribution in [0, 0.1) is 0 Å². The van der Waals surface area contributed by atoms with Crippen LogP contribution in [0.15, 0.2) is 36.5 Å². The third-order valence-electron chi connectivity index (χ3n) is 4.32. The van der Waals surface area contributed by atoms with Gasteiger partial charge in [-0.3, -0.25) is 5.10 Å². The fourth-order valence-electron chi connectivity index (χ4n) is 2.93. The van der Waals surface area contributed by atoms with Crippen molar-refractivity contribution >= 4 is 11.7 Å². The molecule has 24 heavy (non-hydrogen) atoms. The highest BCUT2D eigenvalue weighted by molar-refractivity contribution is 5.89. The lowest BCUT2D eigenvalue weighted by atomic mass is 10.1. The molecular weight excluding hydrogens is 304 g/mol. The molecule has 1 aliphatic heterocycles. The molecule has 3 rings (SSSR count). The fraction of sp³-hybridized carbons (Fsp3) is 0.444. The maximum atomic E-state index is 12.3. The maximum absolute atomic E-state index is 12.3. The Hall–Kier alpha value is -2.34. The molecule has 1 aliphatic rings. The second-order valence-electron chi connectivity index (χ2n) is 6.18. The van der Waals surface area contributed by atoms with E-state index in [0.717, 1.165) is 55.8 Å². The van der Waals surface area contributed by atoms with E-state index < -0.39 is 0 Å². The number of hydrogen-bond acceptors (Lipinski definition) is 3. The van der Waals surface area contributed by atoms with E-state index in [2.05, 4.69) is 15.5 Å². The van der Waals surface area contributed by atoms with E-state index in [4.69, 9.17) is 4.74 Å². The van der Waals surface area contributed by atoms with Gasteiger partial charge in [-0.15, -0.1) is 0 Å². The van der Waals surface area contributed by atoms with Crippen LogP contribution >= 0.6 is 0 Å². The molecule has 1 aromatic heterocycles. The summed E-state index contributed by atoms with van der Waals surface area (Å²) in [6.07, 6.45) is 6.38. The molecule has 1 atom stereocenters. The summed E-state index contributed by atoms with van der Waals surface area (Å²) in [6.45, 7) is 1.61. The average molecular weight is 328 g/mol. The van der Waals surface area contributed by atoms with Gasteiger partial charge in [0.15, 0.2) is 0 Å². The molecule has 0 saturated carbocycles. The molecule has 0 radical (unpaired) electrons. The number of nitrogens with one attached hydrogen (secondary N) is 2. The molecule has 6 nitrogen and oxygen atoms in total. The van der Waals surface area contributed by atoms with Crippen molar-refractivity contribution in [1.29, 1.82) is 0 Å². The SMILES string of the molecule is CN(CCC[C@@H]1CCCO1)C(=O)Nc1cccc(-c2ccn[nH]2)c1. The number of aromatic nitrogens is 2. The number of H-pyrrole nitrogens is 1. The van der Waals surface area contributed by atoms with Gasteiger partial charge in [-0.25, -0.2) is 4.79 Å². The molecule has 1 fully saturated rings. The molecule has 0 aliphatic carbocycles. The Balaban J connectivity index is 1.49. The van der Waals surface area contributed by atoms with E-state index in [9.17, 15) is 4.79 Å². The number of amides is 2. The average Bonchev–Trinajstić information content (AvgIpc) is 3.29. The van der Waals surface area contributed by atoms with Gasteiger partial charge in [-0.05, 0) is 43.9 Å². The van der Waals surface area contributed by atoms with Gasteiger partial charge in [0.25, 0.3) is 0 Å². The molecule has 1 aromatic carbocycles. The lowest BCUT2D eigenvalue weighted by molar-refractivity contribution is 0.101. The van der Waals surface area contributed by atoms with E-state index in [1.54, 1.807) is 11.1 Å². The molecular formula is C18H24N4O2. The van der Waals surface area contributed by atoms with Crippen LogP contribution in [0.2, 0.25) is 0 Å². The standard InChI is InChI=1S/C18H24N4O2/c1-22(11-3-7-16-8-4-12-24-16)18(23)20-15-6-2-5-14(13-15)17-9-10-19-21-17/h2,5-6,9-10,13,16H,3-4,7-8,11-12H2,1H3,(H,19,21)(H,20,23)/t16-/m1/s1. The first-order valence-corrected chi connectivity index (χ1v) is 8.46. The largest absolute Gasteiger partial charge is 0.378 e. The van der Waals surface area contributed by atoms with E-state index in [-0.39, 0.29) is 6.03 Å². The molecule has 2 amide bonds. The first kappa shape index (κ1) is 16.5. The highest BCUT2D eigenvalue weighted by Crippen LogP contribution is 2.21. The minimum Gasteiger partial charge on any atom is -0.378 e. The van der Waals surface area contributed by atoms with Crippen LogP contribution in [-0.4, -0.2) is 47.4 Å². The van der Waals surface area contributed by atoms with Crippen LogP contribution in [-0.2, 0) is 4.74 Å². The van der Waals surface area contributed by atoms with Crippen LogP contribution < -0.4 is 5.32 Å². The number of ether oxygens (including phenoxy) is 1. The van der Waals surface area contributed by atoms with E-state index >= 15 is 0 Å². The minimum atomic E-state index is -0.0934. The Bertz CT molecular complexity index is 651. The quantitative estimate of drug-likeness (QED) is 0.852. The Morgan fingerprint density at radius 2 is 2.38 bits per heavy atom. The van der Waals surface area contributed by atoms with Gasteiger partial charge in [-0.1, -0.05) is 12.1 Å². The van der Waals surface area contributed by atoms with Gasteiger partial charge in [0, 0.05) is 37.6 Å². The predicted octanol–water partition coefficient (Wildman–Crippen LogP) is 3.50. The molecule has 2 aromatic rings. The number of anilines is 1. The van der Waals surface area contributed by atoms with E-state index in [1.807, 2.05) is 37.4 Å². The zero-order chi connectivity index (χ0) is 16.8. The number of hydrogen-bond donors (Lipinski definition) is 2. The molecule has 6 heteroatoms. The molecule has 128 valence electrons. The van der Waals surface area contributed by atoms with Crippen LogP contribution in [0.1, 0.15) is 25.7 Å². The van der Waals surface area contributed by atoms with Gasteiger partial charge < -0.3 is 15.0 Å². The third kappa shape index (κ3) is 4.35. The highest BCUT2D eigenvalue weighted by atomic mass is 16.5. The zero-order valence-corrected chi connectivity index (χ0v) is 14.0. The van der Waals surface area contributed by atoms with Crippen molar-refractivity contribution in [3.63, 3.8) is 0 Å². The molecule has 2 N–H and O–H groups in total. The topological polar surface area (TPSA) is 70.2 Å². The second kappa shape index (κ2) is 7.97. The lowest BCUT2D eigenvalue weighted by Gasteiger charge is -2.19. The Morgan fingerprint density at radius 1 is 1.46 bits per heavy atom. The Morgan fingerprint density at radius 3 is 3.12 bits per heavy atom. The number of nitrogens with zero attached hydrogens (tertiary/aromatic N) is 2. The van der Waals surface area contributed by atoms with Crippen LogP contribution in [0.25, 0.3) is 11.3 Å². The molecule has 0 bridgehead atoms. The second-order valence-corrected chi connectivity index (χ2v) is 6.18. The van der Waals surface area contributed by atoms with Crippen molar-refractivity contribution in [2.24, 2.45) is 0 Å². The first-order chi connectivity index (χ1) is 11.7. The number of rotatable bonds is 6. The maximum Gasteiger partial charge on any atom is 0.321 e. The Kier molecular flexibility index (Phi) is 5.48. The van der Waals surface area contributed by atoms with Crippen LogP contribution in [0.5, 0.6) is 0 Å². The van der Waals surface area contributed by atoms with Gasteiger partial charge in [0.2, 0.25) is 0 Å². The number of carbonyl (C=O) groups is 1. The van der Waals surface area contributed by atoms with Gasteiger partial charge in [0.1, 0.15) is 0 Å². The third-order valence-corrected chi connectivity index (χ3v) is 4.32. The Labute approximate surface area is 142 Å². The molecule has 2 heterocycles. The van der Waals surface area contributed by atoms with Crippen molar-refractivity contribution in [3.05, 3.63) is 36.5 Å². The minimum absolute atomic E-state index is 0.0934. The number of benzene rings is 1. The summed E-state index contributed by atoms with van der Waals surface area (Å²) in [5.74, 6) is 0. The summed E-state index contributed by atoms with van der Waals surface area (Å²) in [7, 11) is 1.82.